The SMILES string of the molecule is CCOCCOC(=NCCN(C)C)NC(=O)c1ccc2c(c1)OCO2. The predicted octanol–water partition coefficient (Wildman–Crippen LogP) is 1.12. The highest BCUT2D eigenvalue weighted by Gasteiger charge is 2.17. The van der Waals surface area contributed by atoms with Crippen LogP contribution in [0, 0.1) is 0 Å². The lowest BCUT2D eigenvalue weighted by molar-refractivity contribution is 0.0921. The molecule has 0 atom stereocenters. The number of carbonyl (C=O) groups excluding carboxylic acids is 1. The van der Waals surface area contributed by atoms with E-state index in [9.17, 15) is 4.79 Å². The molecule has 1 aliphatic heterocycles. The van der Waals surface area contributed by atoms with Gasteiger partial charge in [-0.25, -0.2) is 4.99 Å². The van der Waals surface area contributed by atoms with E-state index in [0.717, 1.165) is 6.54 Å². The Bertz CT molecular complexity index is 604. The molecule has 8 heteroatoms. The molecule has 0 unspecified atom stereocenters. The number of amidine groups is 1. The molecule has 25 heavy (non-hydrogen) atoms. The van der Waals surface area contributed by atoms with E-state index in [0.29, 0.717) is 43.4 Å². The normalized spacial score (nSPS) is 13.2. The molecule has 1 aromatic carbocycles. The lowest BCUT2D eigenvalue weighted by atomic mass is 10.2. The third kappa shape index (κ3) is 6.24. The van der Waals surface area contributed by atoms with E-state index in [4.69, 9.17) is 18.9 Å². The largest absolute Gasteiger partial charge is 0.463 e. The quantitative estimate of drug-likeness (QED) is 0.429. The summed E-state index contributed by atoms with van der Waals surface area (Å²) in [5.74, 6) is 0.860. The zero-order chi connectivity index (χ0) is 18.1. The fraction of sp³-hybridized carbons (Fsp3) is 0.529. The first-order valence-electron chi connectivity index (χ1n) is 8.21. The summed E-state index contributed by atoms with van der Waals surface area (Å²) in [6.45, 7) is 4.70. The van der Waals surface area contributed by atoms with E-state index >= 15 is 0 Å². The Morgan fingerprint density at radius 3 is 2.84 bits per heavy atom. The Labute approximate surface area is 147 Å². The summed E-state index contributed by atoms with van der Waals surface area (Å²) in [5, 5.41) is 2.69. The van der Waals surface area contributed by atoms with Crippen molar-refractivity contribution in [3.05, 3.63) is 23.8 Å². The average molecular weight is 351 g/mol. The Morgan fingerprint density at radius 2 is 2.08 bits per heavy atom. The van der Waals surface area contributed by atoms with Crippen molar-refractivity contribution in [3.8, 4) is 11.5 Å². The third-order valence-electron chi connectivity index (χ3n) is 3.33. The average Bonchev–Trinajstić information content (AvgIpc) is 3.05. The highest BCUT2D eigenvalue weighted by atomic mass is 16.7. The summed E-state index contributed by atoms with van der Waals surface area (Å²) in [6.07, 6.45) is 0. The number of ether oxygens (including phenoxy) is 4. The first kappa shape index (κ1) is 19.0. The molecule has 0 spiro atoms. The van der Waals surface area contributed by atoms with Gasteiger partial charge in [0.25, 0.3) is 11.9 Å². The van der Waals surface area contributed by atoms with Crippen molar-refractivity contribution in [2.45, 2.75) is 6.92 Å². The van der Waals surface area contributed by atoms with Gasteiger partial charge in [-0.15, -0.1) is 0 Å². The Morgan fingerprint density at radius 1 is 1.28 bits per heavy atom. The van der Waals surface area contributed by atoms with Crippen molar-refractivity contribution in [2.75, 3.05) is 53.8 Å². The topological polar surface area (TPSA) is 81.6 Å². The number of nitrogens with zero attached hydrogens (tertiary/aromatic N) is 2. The van der Waals surface area contributed by atoms with Gasteiger partial charge in [0.15, 0.2) is 11.5 Å². The van der Waals surface area contributed by atoms with E-state index < -0.39 is 0 Å². The van der Waals surface area contributed by atoms with Gasteiger partial charge in [-0.1, -0.05) is 0 Å². The van der Waals surface area contributed by atoms with Gasteiger partial charge in [0.05, 0.1) is 13.2 Å². The standard InChI is InChI=1S/C17H25N3O5/c1-4-22-9-10-23-17(18-7-8-20(2)3)19-16(21)13-5-6-14-15(11-13)25-12-24-14/h5-6,11H,4,7-10,12H2,1-3H3,(H,18,19,21). The maximum absolute atomic E-state index is 12.4. The van der Waals surface area contributed by atoms with Crippen LogP contribution >= 0.6 is 0 Å². The molecule has 8 nitrogen and oxygen atoms in total. The molecule has 2 rings (SSSR count). The van der Waals surface area contributed by atoms with Gasteiger partial charge in [-0.3, -0.25) is 10.1 Å². The van der Waals surface area contributed by atoms with E-state index in [1.165, 1.54) is 0 Å². The monoisotopic (exact) mass is 351 g/mol. The lowest BCUT2D eigenvalue weighted by Crippen LogP contribution is -2.34. The third-order valence-corrected chi connectivity index (χ3v) is 3.33. The van der Waals surface area contributed by atoms with Crippen LogP contribution in [-0.2, 0) is 9.47 Å². The van der Waals surface area contributed by atoms with Crippen molar-refractivity contribution >= 4 is 11.9 Å². The van der Waals surface area contributed by atoms with Crippen LogP contribution in [0.15, 0.2) is 23.2 Å². The molecule has 0 fully saturated rings. The number of likely N-dealkylation sites (N-methyl/N-ethyl adjacent to an activating group) is 1. The van der Waals surface area contributed by atoms with Crippen molar-refractivity contribution in [1.82, 2.24) is 10.2 Å². The number of rotatable bonds is 8. The van der Waals surface area contributed by atoms with Gasteiger partial charge in [0, 0.05) is 18.7 Å². The second-order valence-corrected chi connectivity index (χ2v) is 5.56. The van der Waals surface area contributed by atoms with Crippen LogP contribution in [0.3, 0.4) is 0 Å². The summed E-state index contributed by atoms with van der Waals surface area (Å²) < 4.78 is 21.3. The molecule has 0 saturated carbocycles. The highest BCUT2D eigenvalue weighted by Crippen LogP contribution is 2.32. The summed E-state index contributed by atoms with van der Waals surface area (Å²) >= 11 is 0. The Balaban J connectivity index is 1.97. The number of nitrogens with one attached hydrogen (secondary N) is 1. The molecule has 138 valence electrons. The number of carbonyl (C=O) groups is 1. The van der Waals surface area contributed by atoms with Crippen molar-refractivity contribution < 1.29 is 23.7 Å². The van der Waals surface area contributed by atoms with Crippen LogP contribution in [0.5, 0.6) is 11.5 Å². The molecule has 0 aliphatic carbocycles. The first-order valence-corrected chi connectivity index (χ1v) is 8.21. The van der Waals surface area contributed by atoms with E-state index in [2.05, 4.69) is 10.3 Å². The maximum atomic E-state index is 12.4. The molecule has 0 saturated heterocycles. The molecular formula is C17H25N3O5. The van der Waals surface area contributed by atoms with Crippen molar-refractivity contribution in [3.63, 3.8) is 0 Å². The molecule has 0 bridgehead atoms. The molecule has 0 aromatic heterocycles. The van der Waals surface area contributed by atoms with Crippen LogP contribution in [0.25, 0.3) is 0 Å². The zero-order valence-electron chi connectivity index (χ0n) is 14.9. The van der Waals surface area contributed by atoms with Crippen LogP contribution < -0.4 is 14.8 Å². The Hall–Kier alpha value is -2.32. The number of hydrogen-bond donors (Lipinski definition) is 1. The van der Waals surface area contributed by atoms with Crippen molar-refractivity contribution in [1.29, 1.82) is 0 Å². The molecule has 1 amide bonds. The van der Waals surface area contributed by atoms with E-state index in [1.54, 1.807) is 18.2 Å². The molecule has 1 heterocycles. The van der Waals surface area contributed by atoms with E-state index in [1.807, 2.05) is 25.9 Å². The van der Waals surface area contributed by atoms with E-state index in [-0.39, 0.29) is 18.7 Å². The van der Waals surface area contributed by atoms with Gasteiger partial charge >= 0.3 is 0 Å². The minimum atomic E-state index is -0.321. The summed E-state index contributed by atoms with van der Waals surface area (Å²) in [7, 11) is 3.91. The maximum Gasteiger partial charge on any atom is 0.291 e. The fourth-order valence-electron chi connectivity index (χ4n) is 2.02. The molecule has 1 N–H and O–H groups in total. The van der Waals surface area contributed by atoms with Gasteiger partial charge in [0.2, 0.25) is 6.79 Å². The van der Waals surface area contributed by atoms with Crippen LogP contribution in [0.1, 0.15) is 17.3 Å². The summed E-state index contributed by atoms with van der Waals surface area (Å²) in [6, 6.07) is 5.19. The highest BCUT2D eigenvalue weighted by molar-refractivity contribution is 6.04. The van der Waals surface area contributed by atoms with Crippen LogP contribution in [0.2, 0.25) is 0 Å². The van der Waals surface area contributed by atoms with Crippen LogP contribution in [-0.4, -0.2) is 70.6 Å². The van der Waals surface area contributed by atoms with Gasteiger partial charge in [-0.2, -0.15) is 0 Å². The fourth-order valence-corrected chi connectivity index (χ4v) is 2.02. The number of benzene rings is 1. The second kappa shape index (κ2) is 9.85. The molecular weight excluding hydrogens is 326 g/mol. The number of hydrogen-bond acceptors (Lipinski definition) is 7. The minimum Gasteiger partial charge on any atom is -0.463 e. The van der Waals surface area contributed by atoms with Crippen molar-refractivity contribution in [2.24, 2.45) is 4.99 Å². The number of fused-ring (bicyclic) bond motifs is 1. The summed E-state index contributed by atoms with van der Waals surface area (Å²) in [5.41, 5.74) is 0.443. The first-order chi connectivity index (χ1) is 12.1. The van der Waals surface area contributed by atoms with Gasteiger partial charge in [0.1, 0.15) is 6.61 Å². The summed E-state index contributed by atoms with van der Waals surface area (Å²) in [4.78, 5) is 18.7. The van der Waals surface area contributed by atoms with Gasteiger partial charge < -0.3 is 23.8 Å². The number of aliphatic imine (C=N–C) groups is 1. The number of amides is 1. The molecule has 1 aromatic rings. The van der Waals surface area contributed by atoms with Crippen LogP contribution in [0.4, 0.5) is 0 Å². The Kier molecular flexibility index (Phi) is 7.49. The predicted molar refractivity (Wildman–Crippen MR) is 93.3 cm³/mol. The smallest absolute Gasteiger partial charge is 0.291 e. The molecule has 0 radical (unpaired) electrons. The molecule has 1 aliphatic rings. The second-order valence-electron chi connectivity index (χ2n) is 5.56. The van der Waals surface area contributed by atoms with Gasteiger partial charge in [-0.05, 0) is 39.2 Å². The minimum absolute atomic E-state index is 0.165. The lowest BCUT2D eigenvalue weighted by Gasteiger charge is -2.12. The zero-order valence-corrected chi connectivity index (χ0v) is 14.9.